The number of ether oxygens (including phenoxy) is 2. The lowest BCUT2D eigenvalue weighted by Crippen LogP contribution is -2.41. The molecule has 1 fully saturated rings. The van der Waals surface area contributed by atoms with Crippen LogP contribution in [0, 0.1) is 16.0 Å². The first-order chi connectivity index (χ1) is 16.4. The second kappa shape index (κ2) is 10.5. The number of nitrogens with zero attached hydrogens (tertiary/aromatic N) is 1. The predicted octanol–water partition coefficient (Wildman–Crippen LogP) is 3.73. The molecular weight excluding hydrogens is 440 g/mol. The Bertz CT molecular complexity index is 1090. The first-order valence-corrected chi connectivity index (χ1v) is 11.4. The van der Waals surface area contributed by atoms with Crippen LogP contribution in [0.25, 0.3) is 0 Å². The summed E-state index contributed by atoms with van der Waals surface area (Å²) in [7, 11) is 0. The van der Waals surface area contributed by atoms with E-state index in [0.717, 1.165) is 25.3 Å². The van der Waals surface area contributed by atoms with E-state index >= 15 is 0 Å². The molecular formula is C24H28N4O6. The van der Waals surface area contributed by atoms with Gasteiger partial charge in [0.25, 0.3) is 11.6 Å². The molecule has 0 aromatic heterocycles. The number of benzene rings is 2. The van der Waals surface area contributed by atoms with Crippen molar-refractivity contribution in [2.75, 3.05) is 30.4 Å². The molecule has 0 saturated heterocycles. The summed E-state index contributed by atoms with van der Waals surface area (Å²) in [6, 6.07) is 9.01. The molecule has 4 rings (SSSR count). The van der Waals surface area contributed by atoms with Gasteiger partial charge in [0.2, 0.25) is 5.91 Å². The first kappa shape index (κ1) is 23.5. The topological polar surface area (TPSA) is 132 Å². The van der Waals surface area contributed by atoms with Gasteiger partial charge in [-0.1, -0.05) is 19.8 Å². The molecule has 10 heteroatoms. The van der Waals surface area contributed by atoms with Gasteiger partial charge in [-0.3, -0.25) is 19.7 Å². The maximum atomic E-state index is 13.0. The standard InChI is InChI=1S/C24H28N4O6/c1-15-4-2-3-5-19(15)25-14-23(29)27-20-8-7-17(28(31)32)13-18(20)24(30)26-16-6-9-21-22(12-16)34-11-10-33-21/h6-9,12-13,15,19,25H,2-5,10-11,14H2,1H3,(H,26,30)(H,27,29)/t15-,19+/m0/s1. The monoisotopic (exact) mass is 468 g/mol. The SMILES string of the molecule is C[C@H]1CCCC[C@H]1NCC(=O)Nc1ccc([N+](=O)[O-])cc1C(=O)Nc1ccc2c(c1)OCCO2. The van der Waals surface area contributed by atoms with Gasteiger partial charge >= 0.3 is 0 Å². The van der Waals surface area contributed by atoms with Crippen LogP contribution < -0.4 is 25.4 Å². The molecule has 2 aliphatic rings. The van der Waals surface area contributed by atoms with Gasteiger partial charge in [0.05, 0.1) is 22.7 Å². The van der Waals surface area contributed by atoms with Crippen LogP contribution in [0.15, 0.2) is 36.4 Å². The number of rotatable bonds is 7. The van der Waals surface area contributed by atoms with Crippen molar-refractivity contribution in [1.82, 2.24) is 5.32 Å². The van der Waals surface area contributed by atoms with E-state index < -0.39 is 10.8 Å². The van der Waals surface area contributed by atoms with Gasteiger partial charge in [-0.2, -0.15) is 0 Å². The molecule has 1 aliphatic heterocycles. The Kier molecular flexibility index (Phi) is 7.27. The molecule has 1 heterocycles. The highest BCUT2D eigenvalue weighted by Gasteiger charge is 2.23. The molecule has 3 N–H and O–H groups in total. The summed E-state index contributed by atoms with van der Waals surface area (Å²) < 4.78 is 11.0. The van der Waals surface area contributed by atoms with Crippen molar-refractivity contribution < 1.29 is 24.0 Å². The average molecular weight is 469 g/mol. The van der Waals surface area contributed by atoms with Crippen LogP contribution in [0.5, 0.6) is 11.5 Å². The van der Waals surface area contributed by atoms with Crippen LogP contribution in [0.4, 0.5) is 17.1 Å². The molecule has 180 valence electrons. The molecule has 2 aromatic carbocycles. The summed E-state index contributed by atoms with van der Waals surface area (Å²) >= 11 is 0. The second-order valence-corrected chi connectivity index (χ2v) is 8.60. The van der Waals surface area contributed by atoms with Crippen molar-refractivity contribution in [3.8, 4) is 11.5 Å². The molecule has 1 aliphatic carbocycles. The number of anilines is 2. The number of amides is 2. The minimum atomic E-state index is -0.593. The van der Waals surface area contributed by atoms with E-state index in [0.29, 0.717) is 36.3 Å². The molecule has 1 saturated carbocycles. The van der Waals surface area contributed by atoms with Gasteiger partial charge in [-0.25, -0.2) is 0 Å². The summed E-state index contributed by atoms with van der Waals surface area (Å²) in [5.41, 5.74) is 0.373. The number of hydrogen-bond acceptors (Lipinski definition) is 7. The normalized spacial score (nSPS) is 19.2. The molecule has 0 radical (unpaired) electrons. The van der Waals surface area contributed by atoms with Crippen LogP contribution in [-0.4, -0.2) is 42.5 Å². The van der Waals surface area contributed by atoms with Crippen LogP contribution in [0.3, 0.4) is 0 Å². The van der Waals surface area contributed by atoms with Gasteiger partial charge in [0, 0.05) is 29.9 Å². The fourth-order valence-electron chi connectivity index (χ4n) is 4.30. The summed E-state index contributed by atoms with van der Waals surface area (Å²) in [6.45, 7) is 3.11. The smallest absolute Gasteiger partial charge is 0.270 e. The number of non-ortho nitro benzene ring substituents is 1. The minimum Gasteiger partial charge on any atom is -0.486 e. The fraction of sp³-hybridized carbons (Fsp3) is 0.417. The third kappa shape index (κ3) is 5.63. The van der Waals surface area contributed by atoms with Gasteiger partial charge in [-0.15, -0.1) is 0 Å². The fourth-order valence-corrected chi connectivity index (χ4v) is 4.30. The number of nitrogens with one attached hydrogen (secondary N) is 3. The number of nitro benzene ring substituents is 1. The Balaban J connectivity index is 1.48. The van der Waals surface area contributed by atoms with Crippen LogP contribution in [0.1, 0.15) is 43.0 Å². The highest BCUT2D eigenvalue weighted by atomic mass is 16.6. The largest absolute Gasteiger partial charge is 0.486 e. The van der Waals surface area contributed by atoms with Crippen molar-refractivity contribution in [2.45, 2.75) is 38.6 Å². The van der Waals surface area contributed by atoms with Crippen molar-refractivity contribution in [1.29, 1.82) is 0 Å². The summed E-state index contributed by atoms with van der Waals surface area (Å²) in [5, 5.41) is 20.0. The van der Waals surface area contributed by atoms with E-state index in [2.05, 4.69) is 22.9 Å². The lowest BCUT2D eigenvalue weighted by atomic mass is 9.86. The van der Waals surface area contributed by atoms with E-state index in [1.54, 1.807) is 18.2 Å². The van der Waals surface area contributed by atoms with Crippen molar-refractivity contribution in [3.63, 3.8) is 0 Å². The quantitative estimate of drug-likeness (QED) is 0.417. The molecule has 2 amide bonds. The highest BCUT2D eigenvalue weighted by Crippen LogP contribution is 2.33. The Morgan fingerprint density at radius 3 is 2.56 bits per heavy atom. The summed E-state index contributed by atoms with van der Waals surface area (Å²) in [4.78, 5) is 36.3. The zero-order chi connectivity index (χ0) is 24.1. The van der Waals surface area contributed by atoms with Crippen LogP contribution in [-0.2, 0) is 4.79 Å². The Morgan fingerprint density at radius 2 is 1.79 bits per heavy atom. The maximum absolute atomic E-state index is 13.0. The van der Waals surface area contributed by atoms with E-state index in [1.807, 2.05) is 0 Å². The molecule has 0 bridgehead atoms. The first-order valence-electron chi connectivity index (χ1n) is 11.4. The Morgan fingerprint density at radius 1 is 1.03 bits per heavy atom. The maximum Gasteiger partial charge on any atom is 0.270 e. The molecule has 10 nitrogen and oxygen atoms in total. The molecule has 0 unspecified atom stereocenters. The minimum absolute atomic E-state index is 0.0107. The van der Waals surface area contributed by atoms with Gasteiger partial charge < -0.3 is 25.4 Å². The second-order valence-electron chi connectivity index (χ2n) is 8.60. The third-order valence-corrected chi connectivity index (χ3v) is 6.17. The molecule has 0 spiro atoms. The van der Waals surface area contributed by atoms with E-state index in [1.165, 1.54) is 18.6 Å². The number of nitro groups is 1. The Labute approximate surface area is 197 Å². The van der Waals surface area contributed by atoms with Crippen LogP contribution >= 0.6 is 0 Å². The third-order valence-electron chi connectivity index (χ3n) is 6.17. The molecule has 34 heavy (non-hydrogen) atoms. The van der Waals surface area contributed by atoms with Crippen molar-refractivity contribution in [3.05, 3.63) is 52.1 Å². The highest BCUT2D eigenvalue weighted by molar-refractivity contribution is 6.10. The number of fused-ring (bicyclic) bond motifs is 1. The van der Waals surface area contributed by atoms with E-state index in [9.17, 15) is 19.7 Å². The predicted molar refractivity (Wildman–Crippen MR) is 127 cm³/mol. The van der Waals surface area contributed by atoms with Crippen molar-refractivity contribution in [2.24, 2.45) is 5.92 Å². The van der Waals surface area contributed by atoms with Gasteiger partial charge in [-0.05, 0) is 37.0 Å². The number of carbonyl (C=O) groups excluding carboxylic acids is 2. The lowest BCUT2D eigenvalue weighted by molar-refractivity contribution is -0.384. The molecule has 2 atom stereocenters. The van der Waals surface area contributed by atoms with E-state index in [-0.39, 0.29) is 35.4 Å². The zero-order valence-electron chi connectivity index (χ0n) is 19.0. The Hall–Kier alpha value is -3.66. The average Bonchev–Trinajstić information content (AvgIpc) is 2.83. The van der Waals surface area contributed by atoms with Gasteiger partial charge in [0.1, 0.15) is 13.2 Å². The van der Waals surface area contributed by atoms with Crippen molar-refractivity contribution >= 4 is 28.9 Å². The zero-order valence-corrected chi connectivity index (χ0v) is 19.0. The lowest BCUT2D eigenvalue weighted by Gasteiger charge is -2.29. The number of hydrogen-bond donors (Lipinski definition) is 3. The summed E-state index contributed by atoms with van der Waals surface area (Å²) in [6.07, 6.45) is 4.49. The van der Waals surface area contributed by atoms with E-state index in [4.69, 9.17) is 9.47 Å². The molecule has 2 aromatic rings. The van der Waals surface area contributed by atoms with Gasteiger partial charge in [0.15, 0.2) is 11.5 Å². The van der Waals surface area contributed by atoms with Crippen LogP contribution in [0.2, 0.25) is 0 Å². The number of carbonyl (C=O) groups is 2. The summed E-state index contributed by atoms with van der Waals surface area (Å²) in [5.74, 6) is 0.657.